The highest BCUT2D eigenvalue weighted by Crippen LogP contribution is 2.40. The lowest BCUT2D eigenvalue weighted by atomic mass is 9.83. The van der Waals surface area contributed by atoms with Crippen molar-refractivity contribution in [3.8, 4) is 0 Å². The molecule has 7 heteroatoms. The van der Waals surface area contributed by atoms with Crippen molar-refractivity contribution in [2.75, 3.05) is 26.3 Å². The Balaban J connectivity index is 0.00000338. The molecule has 0 saturated heterocycles. The van der Waals surface area contributed by atoms with Crippen LogP contribution < -0.4 is 10.6 Å². The van der Waals surface area contributed by atoms with Gasteiger partial charge >= 0.3 is 0 Å². The lowest BCUT2D eigenvalue weighted by Crippen LogP contribution is -2.43. The molecule has 0 atom stereocenters. The number of aryl methyl sites for hydroxylation is 1. The summed E-state index contributed by atoms with van der Waals surface area (Å²) in [6.07, 6.45) is 7.38. The van der Waals surface area contributed by atoms with Crippen LogP contribution >= 0.6 is 35.3 Å². The van der Waals surface area contributed by atoms with Crippen molar-refractivity contribution in [2.45, 2.75) is 65.8 Å². The molecule has 2 rings (SSSR count). The molecule has 0 bridgehead atoms. The van der Waals surface area contributed by atoms with E-state index >= 15 is 0 Å². The standard InChI is InChI=1S/C19H34N4OS.HI/c1-4-17-23-16(14-25-17)13-21-18(20-5-2)22-15-19(9-7-8-10-19)11-12-24-6-3;/h14H,4-13,15H2,1-3H3,(H2,20,21,22);1H. The lowest BCUT2D eigenvalue weighted by molar-refractivity contribution is 0.105. The normalized spacial score (nSPS) is 16.3. The predicted octanol–water partition coefficient (Wildman–Crippen LogP) is 4.37. The Morgan fingerprint density at radius 1 is 1.27 bits per heavy atom. The van der Waals surface area contributed by atoms with Gasteiger partial charge in [-0.05, 0) is 44.9 Å². The molecule has 1 aromatic heterocycles. The highest BCUT2D eigenvalue weighted by Gasteiger charge is 2.33. The molecule has 0 aromatic carbocycles. The molecule has 1 saturated carbocycles. The van der Waals surface area contributed by atoms with Gasteiger partial charge in [0, 0.05) is 31.7 Å². The van der Waals surface area contributed by atoms with Crippen molar-refractivity contribution in [2.24, 2.45) is 10.4 Å². The number of aliphatic imine (C=N–C) groups is 1. The van der Waals surface area contributed by atoms with Crippen LogP contribution in [0.25, 0.3) is 0 Å². The molecule has 1 fully saturated rings. The molecule has 0 amide bonds. The molecule has 0 unspecified atom stereocenters. The Kier molecular flexibility index (Phi) is 11.7. The van der Waals surface area contributed by atoms with Crippen molar-refractivity contribution >= 4 is 41.3 Å². The first-order valence-corrected chi connectivity index (χ1v) is 10.6. The number of nitrogens with one attached hydrogen (secondary N) is 2. The quantitative estimate of drug-likeness (QED) is 0.220. The van der Waals surface area contributed by atoms with Crippen LogP contribution in [0.3, 0.4) is 0 Å². The summed E-state index contributed by atoms with van der Waals surface area (Å²) in [7, 11) is 0. The van der Waals surface area contributed by atoms with E-state index in [-0.39, 0.29) is 24.0 Å². The third kappa shape index (κ3) is 7.68. The largest absolute Gasteiger partial charge is 0.382 e. The van der Waals surface area contributed by atoms with Gasteiger partial charge in [0.1, 0.15) is 0 Å². The number of hydrogen-bond donors (Lipinski definition) is 2. The molecule has 26 heavy (non-hydrogen) atoms. The molecule has 1 aliphatic carbocycles. The Hall–Kier alpha value is -0.410. The zero-order valence-electron chi connectivity index (χ0n) is 16.5. The minimum Gasteiger partial charge on any atom is -0.382 e. The third-order valence-corrected chi connectivity index (χ3v) is 5.96. The van der Waals surface area contributed by atoms with Gasteiger partial charge in [0.2, 0.25) is 0 Å². The summed E-state index contributed by atoms with van der Waals surface area (Å²) in [5.74, 6) is 0.899. The number of rotatable bonds is 10. The van der Waals surface area contributed by atoms with Gasteiger partial charge in [-0.1, -0.05) is 19.8 Å². The maximum absolute atomic E-state index is 5.61. The maximum atomic E-state index is 5.61. The molecular formula is C19H35IN4OS. The predicted molar refractivity (Wildman–Crippen MR) is 122 cm³/mol. The first kappa shape index (κ1) is 23.6. The summed E-state index contributed by atoms with van der Waals surface area (Å²) in [5, 5.41) is 10.2. The number of ether oxygens (including phenoxy) is 1. The average Bonchev–Trinajstić information content (AvgIpc) is 3.27. The molecule has 0 aliphatic heterocycles. The third-order valence-electron chi connectivity index (χ3n) is 4.92. The van der Waals surface area contributed by atoms with Crippen LogP contribution in [0.2, 0.25) is 0 Å². The minimum absolute atomic E-state index is 0. The van der Waals surface area contributed by atoms with Crippen LogP contribution in [0, 0.1) is 5.41 Å². The SMILES string of the molecule is CCNC(=NCc1csc(CC)n1)NCC1(CCOCC)CCCC1.I. The van der Waals surface area contributed by atoms with E-state index in [1.807, 2.05) is 0 Å². The lowest BCUT2D eigenvalue weighted by Gasteiger charge is -2.30. The highest BCUT2D eigenvalue weighted by molar-refractivity contribution is 14.0. The second-order valence-electron chi connectivity index (χ2n) is 6.79. The maximum Gasteiger partial charge on any atom is 0.191 e. The first-order chi connectivity index (χ1) is 12.2. The summed E-state index contributed by atoms with van der Waals surface area (Å²) in [6, 6.07) is 0. The van der Waals surface area contributed by atoms with Crippen LogP contribution in [-0.4, -0.2) is 37.2 Å². The number of hydrogen-bond acceptors (Lipinski definition) is 4. The van der Waals surface area contributed by atoms with E-state index in [9.17, 15) is 0 Å². The molecular weight excluding hydrogens is 459 g/mol. The van der Waals surface area contributed by atoms with Gasteiger partial charge in [0.05, 0.1) is 17.2 Å². The summed E-state index contributed by atoms with van der Waals surface area (Å²) in [5.41, 5.74) is 1.42. The zero-order valence-corrected chi connectivity index (χ0v) is 19.6. The van der Waals surface area contributed by atoms with Gasteiger partial charge in [-0.2, -0.15) is 0 Å². The van der Waals surface area contributed by atoms with Gasteiger partial charge in [-0.3, -0.25) is 0 Å². The van der Waals surface area contributed by atoms with Gasteiger partial charge in [0.25, 0.3) is 0 Å². The Bertz CT molecular complexity index is 529. The number of halogens is 1. The monoisotopic (exact) mass is 494 g/mol. The number of thiazole rings is 1. The van der Waals surface area contributed by atoms with Gasteiger partial charge < -0.3 is 15.4 Å². The first-order valence-electron chi connectivity index (χ1n) is 9.74. The van der Waals surface area contributed by atoms with Crippen molar-refractivity contribution in [3.63, 3.8) is 0 Å². The summed E-state index contributed by atoms with van der Waals surface area (Å²) < 4.78 is 5.61. The van der Waals surface area contributed by atoms with Crippen molar-refractivity contribution in [3.05, 3.63) is 16.1 Å². The zero-order chi connectivity index (χ0) is 18.0. The Morgan fingerprint density at radius 3 is 2.65 bits per heavy atom. The smallest absolute Gasteiger partial charge is 0.191 e. The van der Waals surface area contributed by atoms with Gasteiger partial charge in [-0.15, -0.1) is 35.3 Å². The van der Waals surface area contributed by atoms with Crippen LogP contribution in [0.5, 0.6) is 0 Å². The van der Waals surface area contributed by atoms with Gasteiger partial charge in [-0.25, -0.2) is 9.98 Å². The number of nitrogens with zero attached hydrogens (tertiary/aromatic N) is 2. The van der Waals surface area contributed by atoms with Crippen LogP contribution in [-0.2, 0) is 17.7 Å². The van der Waals surface area contributed by atoms with E-state index in [4.69, 9.17) is 9.73 Å². The van der Waals surface area contributed by atoms with E-state index in [0.717, 1.165) is 50.8 Å². The molecule has 1 aromatic rings. The molecule has 2 N–H and O–H groups in total. The number of aromatic nitrogens is 1. The van der Waals surface area contributed by atoms with E-state index < -0.39 is 0 Å². The highest BCUT2D eigenvalue weighted by atomic mass is 127. The topological polar surface area (TPSA) is 58.5 Å². The minimum atomic E-state index is 0. The summed E-state index contributed by atoms with van der Waals surface area (Å²) >= 11 is 1.72. The molecule has 150 valence electrons. The summed E-state index contributed by atoms with van der Waals surface area (Å²) in [4.78, 5) is 9.33. The summed E-state index contributed by atoms with van der Waals surface area (Å²) in [6.45, 7) is 10.5. The molecule has 0 radical (unpaired) electrons. The molecule has 1 aliphatic rings. The second-order valence-corrected chi connectivity index (χ2v) is 7.73. The van der Waals surface area contributed by atoms with Crippen LogP contribution in [0.15, 0.2) is 10.4 Å². The van der Waals surface area contributed by atoms with Crippen molar-refractivity contribution in [1.82, 2.24) is 15.6 Å². The van der Waals surface area contributed by atoms with E-state index in [2.05, 4.69) is 41.8 Å². The molecule has 0 spiro atoms. The van der Waals surface area contributed by atoms with E-state index in [1.165, 1.54) is 30.7 Å². The van der Waals surface area contributed by atoms with Crippen molar-refractivity contribution < 1.29 is 4.74 Å². The fourth-order valence-corrected chi connectivity index (χ4v) is 4.17. The molecule has 5 nitrogen and oxygen atoms in total. The van der Waals surface area contributed by atoms with Gasteiger partial charge in [0.15, 0.2) is 5.96 Å². The van der Waals surface area contributed by atoms with Crippen molar-refractivity contribution in [1.29, 1.82) is 0 Å². The average molecular weight is 494 g/mol. The second kappa shape index (κ2) is 12.9. The fourth-order valence-electron chi connectivity index (χ4n) is 3.43. The Labute approximate surface area is 179 Å². The Morgan fingerprint density at radius 2 is 2.04 bits per heavy atom. The fraction of sp³-hybridized carbons (Fsp3) is 0.789. The number of guanidine groups is 1. The van der Waals surface area contributed by atoms with E-state index in [0.29, 0.717) is 12.0 Å². The van der Waals surface area contributed by atoms with E-state index in [1.54, 1.807) is 11.3 Å². The van der Waals surface area contributed by atoms with Crippen LogP contribution in [0.4, 0.5) is 0 Å². The molecule has 1 heterocycles. The van der Waals surface area contributed by atoms with Crippen LogP contribution in [0.1, 0.15) is 63.6 Å².